The lowest BCUT2D eigenvalue weighted by molar-refractivity contribution is -0.142. The van der Waals surface area contributed by atoms with Gasteiger partial charge in [-0.1, -0.05) is 0 Å². The Balaban J connectivity index is 2.12. The molecule has 0 spiro atoms. The largest absolute Gasteiger partial charge is 0.480 e. The van der Waals surface area contributed by atoms with Crippen LogP contribution in [0.4, 0.5) is 0 Å². The van der Waals surface area contributed by atoms with Crippen LogP contribution in [0.25, 0.3) is 0 Å². The van der Waals surface area contributed by atoms with Crippen LogP contribution in [0.15, 0.2) is 0 Å². The van der Waals surface area contributed by atoms with Gasteiger partial charge < -0.3 is 15.2 Å². The molecule has 0 aliphatic heterocycles. The van der Waals surface area contributed by atoms with E-state index in [2.05, 4.69) is 5.32 Å². The summed E-state index contributed by atoms with van der Waals surface area (Å²) in [6.07, 6.45) is 2.71. The summed E-state index contributed by atoms with van der Waals surface area (Å²) in [5, 5.41) is 10.8. The van der Waals surface area contributed by atoms with Crippen LogP contribution in [0.1, 0.15) is 12.8 Å². The molecule has 0 saturated heterocycles. The van der Waals surface area contributed by atoms with Crippen molar-refractivity contribution in [2.75, 3.05) is 13.2 Å². The average Bonchev–Trinajstić information content (AvgIpc) is 2.86. The van der Waals surface area contributed by atoms with Gasteiger partial charge in [0.05, 0.1) is 6.61 Å². The van der Waals surface area contributed by atoms with Crippen molar-refractivity contribution < 1.29 is 19.4 Å². The molecule has 0 aromatic heterocycles. The summed E-state index contributed by atoms with van der Waals surface area (Å²) in [6, 6.07) is -0.920. The number of hydrogen-bond donors (Lipinski definition) is 2. The zero-order valence-electron chi connectivity index (χ0n) is 7.23. The highest BCUT2D eigenvalue weighted by atomic mass is 16.5. The second-order valence-electron chi connectivity index (χ2n) is 3.16. The molecule has 1 saturated carbocycles. The van der Waals surface area contributed by atoms with E-state index in [9.17, 15) is 9.59 Å². The molecule has 2 N–H and O–H groups in total. The van der Waals surface area contributed by atoms with Gasteiger partial charge in [-0.3, -0.25) is 4.79 Å². The topological polar surface area (TPSA) is 75.6 Å². The maximum atomic E-state index is 10.5. The molecule has 1 atom stereocenters. The van der Waals surface area contributed by atoms with Crippen LogP contribution in [0.2, 0.25) is 0 Å². The van der Waals surface area contributed by atoms with E-state index < -0.39 is 12.0 Å². The summed E-state index contributed by atoms with van der Waals surface area (Å²) in [7, 11) is 0. The van der Waals surface area contributed by atoms with Gasteiger partial charge in [-0.05, 0) is 18.8 Å². The standard InChI is InChI=1S/C8H13NO4/c10-5-9-7(8(11)12)4-13-3-6-1-2-6/h5-7H,1-4H2,(H,9,10)(H,11,12). The maximum Gasteiger partial charge on any atom is 0.328 e. The molecule has 5 nitrogen and oxygen atoms in total. The maximum absolute atomic E-state index is 10.5. The van der Waals surface area contributed by atoms with Gasteiger partial charge in [0.25, 0.3) is 0 Å². The Hall–Kier alpha value is -1.10. The highest BCUT2D eigenvalue weighted by molar-refractivity contribution is 5.76. The molecule has 0 aromatic carbocycles. The quantitative estimate of drug-likeness (QED) is 0.532. The van der Waals surface area contributed by atoms with Crippen LogP contribution < -0.4 is 5.32 Å². The molecular weight excluding hydrogens is 174 g/mol. The first kappa shape index (κ1) is 9.98. The van der Waals surface area contributed by atoms with Gasteiger partial charge in [0.2, 0.25) is 6.41 Å². The number of carbonyl (C=O) groups excluding carboxylic acids is 1. The Kier molecular flexibility index (Phi) is 3.70. The summed E-state index contributed by atoms with van der Waals surface area (Å²) >= 11 is 0. The molecule has 13 heavy (non-hydrogen) atoms. The van der Waals surface area contributed by atoms with Gasteiger partial charge >= 0.3 is 5.97 Å². The third-order valence-corrected chi connectivity index (χ3v) is 1.90. The van der Waals surface area contributed by atoms with E-state index in [1.165, 1.54) is 12.8 Å². The van der Waals surface area contributed by atoms with Gasteiger partial charge in [-0.2, -0.15) is 0 Å². The van der Waals surface area contributed by atoms with Gasteiger partial charge in [0, 0.05) is 6.61 Å². The molecule has 5 heteroatoms. The SMILES string of the molecule is O=CNC(COCC1CC1)C(=O)O. The molecule has 1 amide bonds. The lowest BCUT2D eigenvalue weighted by Gasteiger charge is -2.10. The number of carbonyl (C=O) groups is 2. The summed E-state index contributed by atoms with van der Waals surface area (Å²) in [5.41, 5.74) is 0. The van der Waals surface area contributed by atoms with E-state index in [1.54, 1.807) is 0 Å². The predicted molar refractivity (Wildman–Crippen MR) is 44.2 cm³/mol. The zero-order valence-corrected chi connectivity index (χ0v) is 7.23. The summed E-state index contributed by atoms with van der Waals surface area (Å²) in [6.45, 7) is 0.648. The molecule has 1 fully saturated rings. The molecule has 0 aromatic rings. The lowest BCUT2D eigenvalue weighted by atomic mass is 10.3. The first-order valence-corrected chi connectivity index (χ1v) is 4.24. The number of nitrogens with one attached hydrogen (secondary N) is 1. The molecular formula is C8H13NO4. The second-order valence-corrected chi connectivity index (χ2v) is 3.16. The zero-order chi connectivity index (χ0) is 9.68. The van der Waals surface area contributed by atoms with Crippen molar-refractivity contribution in [1.82, 2.24) is 5.32 Å². The van der Waals surface area contributed by atoms with E-state index >= 15 is 0 Å². The number of rotatable bonds is 7. The Morgan fingerprint density at radius 3 is 2.85 bits per heavy atom. The fraction of sp³-hybridized carbons (Fsp3) is 0.750. The minimum atomic E-state index is -1.07. The van der Waals surface area contributed by atoms with Gasteiger partial charge in [-0.15, -0.1) is 0 Å². The van der Waals surface area contributed by atoms with E-state index in [4.69, 9.17) is 9.84 Å². The van der Waals surface area contributed by atoms with E-state index in [0.29, 0.717) is 18.9 Å². The van der Waals surface area contributed by atoms with Crippen molar-refractivity contribution >= 4 is 12.4 Å². The third kappa shape index (κ3) is 3.89. The van der Waals surface area contributed by atoms with Crippen LogP contribution in [-0.2, 0) is 14.3 Å². The Morgan fingerprint density at radius 2 is 2.38 bits per heavy atom. The Bertz CT molecular complexity index is 191. The number of hydrogen-bond acceptors (Lipinski definition) is 3. The first-order chi connectivity index (χ1) is 6.24. The average molecular weight is 187 g/mol. The minimum absolute atomic E-state index is 0.0462. The predicted octanol–water partition coefficient (Wildman–Crippen LogP) is -0.388. The molecule has 0 heterocycles. The molecule has 74 valence electrons. The number of aliphatic carboxylic acids is 1. The number of ether oxygens (including phenoxy) is 1. The monoisotopic (exact) mass is 187 g/mol. The highest BCUT2D eigenvalue weighted by Gasteiger charge is 2.23. The van der Waals surface area contributed by atoms with Crippen LogP contribution in [0, 0.1) is 5.92 Å². The molecule has 1 aliphatic carbocycles. The van der Waals surface area contributed by atoms with Crippen molar-refractivity contribution in [1.29, 1.82) is 0 Å². The molecule has 0 bridgehead atoms. The van der Waals surface area contributed by atoms with E-state index in [0.717, 1.165) is 0 Å². The summed E-state index contributed by atoms with van der Waals surface area (Å²) in [5.74, 6) is -0.464. The van der Waals surface area contributed by atoms with Crippen LogP contribution in [0.5, 0.6) is 0 Å². The fourth-order valence-electron chi connectivity index (χ4n) is 0.910. The minimum Gasteiger partial charge on any atom is -0.480 e. The highest BCUT2D eigenvalue weighted by Crippen LogP contribution is 2.28. The van der Waals surface area contributed by atoms with Crippen molar-refractivity contribution in [2.45, 2.75) is 18.9 Å². The van der Waals surface area contributed by atoms with E-state index in [-0.39, 0.29) is 6.61 Å². The van der Waals surface area contributed by atoms with Crippen molar-refractivity contribution in [3.05, 3.63) is 0 Å². The third-order valence-electron chi connectivity index (χ3n) is 1.90. The number of carboxylic acid groups (broad SMARTS) is 1. The van der Waals surface area contributed by atoms with Gasteiger partial charge in [0.1, 0.15) is 6.04 Å². The number of amides is 1. The fourth-order valence-corrected chi connectivity index (χ4v) is 0.910. The van der Waals surface area contributed by atoms with Crippen molar-refractivity contribution in [3.63, 3.8) is 0 Å². The lowest BCUT2D eigenvalue weighted by Crippen LogP contribution is -2.39. The molecule has 1 aliphatic rings. The smallest absolute Gasteiger partial charge is 0.328 e. The number of carboxylic acids is 1. The van der Waals surface area contributed by atoms with Crippen LogP contribution in [-0.4, -0.2) is 36.7 Å². The Morgan fingerprint density at radius 1 is 1.69 bits per heavy atom. The summed E-state index contributed by atoms with van der Waals surface area (Å²) < 4.78 is 5.13. The summed E-state index contributed by atoms with van der Waals surface area (Å²) in [4.78, 5) is 20.5. The van der Waals surface area contributed by atoms with Crippen LogP contribution >= 0.6 is 0 Å². The van der Waals surface area contributed by atoms with Crippen LogP contribution in [0.3, 0.4) is 0 Å². The van der Waals surface area contributed by atoms with Crippen molar-refractivity contribution in [3.8, 4) is 0 Å². The van der Waals surface area contributed by atoms with Gasteiger partial charge in [0.15, 0.2) is 0 Å². The molecule has 1 rings (SSSR count). The first-order valence-electron chi connectivity index (χ1n) is 4.24. The normalized spacial score (nSPS) is 17.8. The Labute approximate surface area is 76.1 Å². The van der Waals surface area contributed by atoms with Gasteiger partial charge in [-0.25, -0.2) is 4.79 Å². The van der Waals surface area contributed by atoms with Crippen molar-refractivity contribution in [2.24, 2.45) is 5.92 Å². The molecule has 1 unspecified atom stereocenters. The second kappa shape index (κ2) is 4.81. The van der Waals surface area contributed by atoms with E-state index in [1.807, 2.05) is 0 Å². The molecule has 0 radical (unpaired) electrons.